The third-order valence-electron chi connectivity index (χ3n) is 14.3. The Balaban J connectivity index is 1.05. The first-order chi connectivity index (χ1) is 34.2. The van der Waals surface area contributed by atoms with Crippen LogP contribution in [0.1, 0.15) is 52.7 Å². The monoisotopic (exact) mass is 846 g/mol. The van der Waals surface area contributed by atoms with Crippen molar-refractivity contribution in [3.63, 3.8) is 0 Å². The minimum absolute atomic E-state index is 0.0845. The highest BCUT2D eigenvalue weighted by atomic mass is 15.1. The average Bonchev–Trinajstić information content (AvgIpc) is 3.96. The highest BCUT2D eigenvalue weighted by Crippen LogP contribution is 2.64. The average molecular weight is 847 g/mol. The third kappa shape index (κ3) is 5.55. The van der Waals surface area contributed by atoms with Gasteiger partial charge < -0.3 is 9.80 Å². The SMILES string of the molecule is [2H]c1c([2H])c(N(c2ccccc2)c2ccc3c(c2)C2(c4ccccc4-c4ccc(N(c5ccccc5)c5ccc6c(c5)C(C)(C)c5ccccc5-6)cc42)c2ccccc2-3)c([2H])c([2H])c1-c1ccccc1. The van der Waals surface area contributed by atoms with Gasteiger partial charge in [0, 0.05) is 39.5 Å². The van der Waals surface area contributed by atoms with Crippen LogP contribution in [0.5, 0.6) is 0 Å². The Bertz CT molecular complexity index is 3710. The van der Waals surface area contributed by atoms with Crippen LogP contribution in [0.15, 0.2) is 243 Å². The summed E-state index contributed by atoms with van der Waals surface area (Å²) in [6, 6.07) is 76.2. The molecule has 0 amide bonds. The standard InChI is InChI=1S/C64H46N2/c1-63(2)57-27-15-12-24-51(57)54-37-34-48(40-60(54)63)66(46-22-10-5-11-23-46)50-36-39-56-53-26-14-17-29-59(53)64(62(56)42-50)58-28-16-13-25-52(58)55-38-35-49(41-61(55)64)65(45-20-8-4-9-21-45)47-32-30-44(31-33-47)43-18-6-3-7-19-43/h3-42H,1-2H3/i30D,31D,32D,33D. The molecule has 2 heteroatoms. The Kier molecular flexibility index (Phi) is 7.61. The van der Waals surface area contributed by atoms with Gasteiger partial charge in [-0.25, -0.2) is 0 Å². The quantitative estimate of drug-likeness (QED) is 0.158. The van der Waals surface area contributed by atoms with Gasteiger partial charge in [0.1, 0.15) is 0 Å². The Morgan fingerprint density at radius 1 is 0.288 bits per heavy atom. The maximum atomic E-state index is 9.63. The predicted molar refractivity (Wildman–Crippen MR) is 275 cm³/mol. The lowest BCUT2D eigenvalue weighted by Crippen LogP contribution is -2.26. The molecular formula is C64H46N2. The molecule has 0 radical (unpaired) electrons. The van der Waals surface area contributed by atoms with Crippen molar-refractivity contribution in [1.29, 1.82) is 0 Å². The second-order valence-corrected chi connectivity index (χ2v) is 18.1. The van der Waals surface area contributed by atoms with E-state index in [-0.39, 0.29) is 40.8 Å². The van der Waals surface area contributed by atoms with Gasteiger partial charge in [0.15, 0.2) is 0 Å². The molecule has 0 aromatic heterocycles. The molecule has 0 fully saturated rings. The molecule has 0 heterocycles. The van der Waals surface area contributed by atoms with E-state index in [1.54, 1.807) is 0 Å². The number of hydrogen-bond acceptors (Lipinski definition) is 2. The fourth-order valence-electron chi connectivity index (χ4n) is 11.4. The second-order valence-electron chi connectivity index (χ2n) is 18.1. The number of rotatable bonds is 7. The first-order valence-corrected chi connectivity index (χ1v) is 22.8. The molecule has 13 rings (SSSR count). The molecule has 2 nitrogen and oxygen atoms in total. The number of para-hydroxylation sites is 2. The summed E-state index contributed by atoms with van der Waals surface area (Å²) < 4.78 is 38.0. The van der Waals surface area contributed by atoms with Gasteiger partial charge in [0.05, 0.1) is 10.9 Å². The minimum Gasteiger partial charge on any atom is -0.310 e. The molecule has 0 saturated carbocycles. The second kappa shape index (κ2) is 14.7. The van der Waals surface area contributed by atoms with Crippen LogP contribution in [-0.2, 0) is 10.8 Å². The van der Waals surface area contributed by atoms with Crippen molar-refractivity contribution in [2.45, 2.75) is 24.7 Å². The molecule has 1 atom stereocenters. The number of nitrogens with zero attached hydrogens (tertiary/aromatic N) is 2. The molecule has 0 bridgehead atoms. The highest BCUT2D eigenvalue weighted by molar-refractivity contribution is 5.98. The summed E-state index contributed by atoms with van der Waals surface area (Å²) in [4.78, 5) is 4.31. The van der Waals surface area contributed by atoms with Crippen LogP contribution in [0, 0.1) is 0 Å². The van der Waals surface area contributed by atoms with Crippen LogP contribution in [-0.4, -0.2) is 0 Å². The third-order valence-corrected chi connectivity index (χ3v) is 14.3. The summed E-state index contributed by atoms with van der Waals surface area (Å²) in [7, 11) is 0. The highest BCUT2D eigenvalue weighted by Gasteiger charge is 2.52. The summed E-state index contributed by atoms with van der Waals surface area (Å²) in [5, 5.41) is 0. The smallest absolute Gasteiger partial charge is 0.0727 e. The lowest BCUT2D eigenvalue weighted by molar-refractivity contribution is 0.660. The molecular weight excluding hydrogens is 797 g/mol. The first kappa shape index (κ1) is 34.2. The van der Waals surface area contributed by atoms with Gasteiger partial charge in [-0.2, -0.15) is 0 Å². The molecule has 66 heavy (non-hydrogen) atoms. The van der Waals surface area contributed by atoms with Crippen molar-refractivity contribution in [2.24, 2.45) is 0 Å². The fraction of sp³-hybridized carbons (Fsp3) is 0.0625. The van der Waals surface area contributed by atoms with Crippen LogP contribution in [0.2, 0.25) is 0 Å². The van der Waals surface area contributed by atoms with E-state index in [4.69, 9.17) is 0 Å². The van der Waals surface area contributed by atoms with Gasteiger partial charge in [0.25, 0.3) is 0 Å². The van der Waals surface area contributed by atoms with Gasteiger partial charge in [-0.1, -0.05) is 184 Å². The molecule has 3 aliphatic carbocycles. The van der Waals surface area contributed by atoms with Crippen LogP contribution in [0.4, 0.5) is 34.1 Å². The number of benzene rings is 10. The fourth-order valence-corrected chi connectivity index (χ4v) is 11.4. The zero-order valence-corrected chi connectivity index (χ0v) is 36.7. The van der Waals surface area contributed by atoms with Crippen molar-refractivity contribution in [3.8, 4) is 44.5 Å². The predicted octanol–water partition coefficient (Wildman–Crippen LogP) is 16.9. The lowest BCUT2D eigenvalue weighted by Gasteiger charge is -2.33. The van der Waals surface area contributed by atoms with E-state index in [9.17, 15) is 5.48 Å². The van der Waals surface area contributed by atoms with Gasteiger partial charge >= 0.3 is 0 Å². The van der Waals surface area contributed by atoms with Gasteiger partial charge in [-0.05, 0) is 151 Å². The minimum atomic E-state index is -0.748. The molecule has 312 valence electrons. The molecule has 3 aliphatic rings. The maximum absolute atomic E-state index is 9.63. The molecule has 0 saturated heterocycles. The Labute approximate surface area is 393 Å². The zero-order chi connectivity index (χ0) is 47.5. The summed E-state index contributed by atoms with van der Waals surface area (Å²) >= 11 is 0. The van der Waals surface area contributed by atoms with Crippen molar-refractivity contribution >= 4 is 34.1 Å². The Hall–Kier alpha value is -8.20. The van der Waals surface area contributed by atoms with Crippen LogP contribution in [0.25, 0.3) is 44.5 Å². The van der Waals surface area contributed by atoms with Crippen molar-refractivity contribution in [3.05, 3.63) is 276 Å². The van der Waals surface area contributed by atoms with E-state index in [0.717, 1.165) is 45.1 Å². The normalized spacial score (nSPS) is 16.2. The van der Waals surface area contributed by atoms with Gasteiger partial charge in [-0.3, -0.25) is 0 Å². The van der Waals surface area contributed by atoms with E-state index >= 15 is 0 Å². The number of hydrogen-bond donors (Lipinski definition) is 0. The summed E-state index contributed by atoms with van der Waals surface area (Å²) in [6.07, 6.45) is 0. The summed E-state index contributed by atoms with van der Waals surface area (Å²) in [5.74, 6) is 0. The lowest BCUT2D eigenvalue weighted by atomic mass is 9.70. The van der Waals surface area contributed by atoms with Crippen molar-refractivity contribution in [2.75, 3.05) is 9.80 Å². The van der Waals surface area contributed by atoms with E-state index < -0.39 is 5.41 Å². The molecule has 0 aliphatic heterocycles. The number of anilines is 6. The maximum Gasteiger partial charge on any atom is 0.0727 e. The first-order valence-electron chi connectivity index (χ1n) is 24.8. The molecule has 10 aromatic carbocycles. The van der Waals surface area contributed by atoms with Gasteiger partial charge in [0.2, 0.25) is 0 Å². The Morgan fingerprint density at radius 3 is 1.15 bits per heavy atom. The molecule has 1 unspecified atom stereocenters. The largest absolute Gasteiger partial charge is 0.310 e. The van der Waals surface area contributed by atoms with Crippen LogP contribution in [0.3, 0.4) is 0 Å². The molecule has 1 spiro atoms. The van der Waals surface area contributed by atoms with E-state index in [2.05, 4.69) is 176 Å². The van der Waals surface area contributed by atoms with Gasteiger partial charge in [-0.15, -0.1) is 0 Å². The van der Waals surface area contributed by atoms with E-state index in [1.165, 1.54) is 50.1 Å². The van der Waals surface area contributed by atoms with Crippen LogP contribution < -0.4 is 9.80 Å². The van der Waals surface area contributed by atoms with Crippen molar-refractivity contribution in [1.82, 2.24) is 0 Å². The van der Waals surface area contributed by atoms with E-state index in [1.807, 2.05) is 65.6 Å². The Morgan fingerprint density at radius 2 is 0.652 bits per heavy atom. The number of fused-ring (bicyclic) bond motifs is 13. The topological polar surface area (TPSA) is 6.48 Å². The molecule has 0 N–H and O–H groups in total. The van der Waals surface area contributed by atoms with E-state index in [0.29, 0.717) is 5.56 Å². The van der Waals surface area contributed by atoms with Crippen molar-refractivity contribution < 1.29 is 5.48 Å². The van der Waals surface area contributed by atoms with Crippen LogP contribution >= 0.6 is 0 Å². The zero-order valence-electron chi connectivity index (χ0n) is 40.7. The summed E-state index contributed by atoms with van der Waals surface area (Å²) in [5.41, 5.74) is 19.3. The summed E-state index contributed by atoms with van der Waals surface area (Å²) in [6.45, 7) is 4.67. The molecule has 10 aromatic rings.